The molecule has 0 aliphatic heterocycles. The van der Waals surface area contributed by atoms with E-state index in [2.05, 4.69) is 25.4 Å². The standard InChI is InChI=1S/C4H9NO2.C3H7NO2.C3H7NO/c1-5-4(6)3-7-2;1-4-3(5)6-2;1-3(5)4-2/h3H2,1-2H3,(H,5,6);1-2H3,(H,4,5);1-2H3,(H,4,5). The largest absolute Gasteiger partial charge is 0.453 e. The lowest BCUT2D eigenvalue weighted by Crippen LogP contribution is -2.22. The zero-order valence-corrected chi connectivity index (χ0v) is 11.7. The van der Waals surface area contributed by atoms with Crippen molar-refractivity contribution in [3.63, 3.8) is 0 Å². The van der Waals surface area contributed by atoms with Crippen LogP contribution in [0.3, 0.4) is 0 Å². The van der Waals surface area contributed by atoms with Crippen LogP contribution in [0.5, 0.6) is 0 Å². The molecule has 0 rings (SSSR count). The van der Waals surface area contributed by atoms with E-state index < -0.39 is 6.09 Å². The Kier molecular flexibility index (Phi) is 20.9. The summed E-state index contributed by atoms with van der Waals surface area (Å²) >= 11 is 0. The number of amides is 3. The smallest absolute Gasteiger partial charge is 0.406 e. The van der Waals surface area contributed by atoms with Crippen LogP contribution in [-0.4, -0.2) is 59.9 Å². The normalized spacial score (nSPS) is 7.44. The lowest BCUT2D eigenvalue weighted by atomic mass is 10.7. The molecule has 0 heterocycles. The summed E-state index contributed by atoms with van der Waals surface area (Å²) < 4.78 is 8.63. The molecule has 0 unspecified atom stereocenters. The molecule has 0 aromatic rings. The Labute approximate surface area is 107 Å². The molecule has 0 aliphatic rings. The van der Waals surface area contributed by atoms with Gasteiger partial charge < -0.3 is 25.4 Å². The van der Waals surface area contributed by atoms with E-state index in [9.17, 15) is 14.4 Å². The quantitative estimate of drug-likeness (QED) is 0.600. The van der Waals surface area contributed by atoms with Crippen LogP contribution in [0.1, 0.15) is 6.92 Å². The van der Waals surface area contributed by atoms with Gasteiger partial charge in [-0.05, 0) is 0 Å². The minimum atomic E-state index is -0.407. The fourth-order valence-electron chi connectivity index (χ4n) is 0.305. The van der Waals surface area contributed by atoms with Crippen molar-refractivity contribution in [2.75, 3.05) is 42.0 Å². The monoisotopic (exact) mass is 265 g/mol. The summed E-state index contributed by atoms with van der Waals surface area (Å²) in [5.74, 6) is -0.0903. The van der Waals surface area contributed by atoms with Crippen LogP contribution in [0.25, 0.3) is 0 Å². The van der Waals surface area contributed by atoms with Crippen LogP contribution in [0.2, 0.25) is 0 Å². The van der Waals surface area contributed by atoms with Crippen LogP contribution in [0.4, 0.5) is 4.79 Å². The highest BCUT2D eigenvalue weighted by atomic mass is 16.5. The lowest BCUT2D eigenvalue weighted by Gasteiger charge is -1.92. The molecule has 8 heteroatoms. The summed E-state index contributed by atoms with van der Waals surface area (Å²) in [5, 5.41) is 7.04. The van der Waals surface area contributed by atoms with E-state index in [1.54, 1.807) is 14.1 Å². The number of rotatable bonds is 2. The molecular weight excluding hydrogens is 242 g/mol. The summed E-state index contributed by atoms with van der Waals surface area (Å²) in [7, 11) is 7.48. The van der Waals surface area contributed by atoms with Gasteiger partial charge in [0.1, 0.15) is 6.61 Å². The van der Waals surface area contributed by atoms with Crippen molar-refractivity contribution >= 4 is 17.9 Å². The number of methoxy groups -OCH3 is 2. The first-order valence-electron chi connectivity index (χ1n) is 5.03. The van der Waals surface area contributed by atoms with Crippen LogP contribution in [0.15, 0.2) is 0 Å². The number of likely N-dealkylation sites (N-methyl/N-ethyl adjacent to an activating group) is 1. The highest BCUT2D eigenvalue weighted by Crippen LogP contribution is 1.63. The Morgan fingerprint density at radius 1 is 0.944 bits per heavy atom. The van der Waals surface area contributed by atoms with E-state index in [0.29, 0.717) is 0 Å². The van der Waals surface area contributed by atoms with Crippen molar-refractivity contribution in [3.8, 4) is 0 Å². The molecule has 0 aromatic carbocycles. The van der Waals surface area contributed by atoms with E-state index in [1.165, 1.54) is 28.2 Å². The molecule has 18 heavy (non-hydrogen) atoms. The molecule has 3 N–H and O–H groups in total. The van der Waals surface area contributed by atoms with Crippen LogP contribution >= 0.6 is 0 Å². The molecular formula is C10H23N3O5. The maximum atomic E-state index is 10.2. The van der Waals surface area contributed by atoms with Gasteiger partial charge in [0.15, 0.2) is 0 Å². The second kappa shape index (κ2) is 17.6. The third-order valence-electron chi connectivity index (χ3n) is 1.30. The molecule has 0 bridgehead atoms. The van der Waals surface area contributed by atoms with Crippen LogP contribution in [-0.2, 0) is 19.1 Å². The van der Waals surface area contributed by atoms with Gasteiger partial charge in [0, 0.05) is 35.2 Å². The maximum Gasteiger partial charge on any atom is 0.406 e. The predicted molar refractivity (Wildman–Crippen MR) is 67.1 cm³/mol. The number of nitrogens with one attached hydrogen (secondary N) is 3. The maximum absolute atomic E-state index is 10.2. The van der Waals surface area contributed by atoms with E-state index in [-0.39, 0.29) is 18.4 Å². The molecule has 0 saturated heterocycles. The highest BCUT2D eigenvalue weighted by molar-refractivity contribution is 5.76. The Balaban J connectivity index is -0.000000190. The number of carbonyl (C=O) groups excluding carboxylic acids is 3. The van der Waals surface area contributed by atoms with Crippen molar-refractivity contribution in [2.24, 2.45) is 0 Å². The Hall–Kier alpha value is -1.83. The first kappa shape index (κ1) is 21.5. The summed E-state index contributed by atoms with van der Waals surface area (Å²) in [5.41, 5.74) is 0. The minimum absolute atomic E-state index is 0.00463. The van der Waals surface area contributed by atoms with Crippen LogP contribution in [0, 0.1) is 0 Å². The SMILES string of the molecule is CNC(=O)COC.CNC(=O)OC.CNC(C)=O. The van der Waals surface area contributed by atoms with Gasteiger partial charge in [-0.2, -0.15) is 0 Å². The Morgan fingerprint density at radius 2 is 1.39 bits per heavy atom. The van der Waals surface area contributed by atoms with E-state index in [1.807, 2.05) is 0 Å². The molecule has 108 valence electrons. The summed E-state index contributed by atoms with van der Waals surface area (Å²) in [6, 6.07) is 0. The number of hydrogen-bond donors (Lipinski definition) is 3. The second-order valence-electron chi connectivity index (χ2n) is 2.65. The van der Waals surface area contributed by atoms with Crippen molar-refractivity contribution in [1.29, 1.82) is 0 Å². The molecule has 0 aromatic heterocycles. The highest BCUT2D eigenvalue weighted by Gasteiger charge is 1.90. The second-order valence-corrected chi connectivity index (χ2v) is 2.65. The topological polar surface area (TPSA) is 106 Å². The Morgan fingerprint density at radius 3 is 1.44 bits per heavy atom. The molecule has 3 amide bonds. The third kappa shape index (κ3) is 29.2. The zero-order chi connectivity index (χ0) is 15.0. The number of alkyl carbamates (subject to hydrolysis) is 1. The molecule has 8 nitrogen and oxygen atoms in total. The fourth-order valence-corrected chi connectivity index (χ4v) is 0.305. The fraction of sp³-hybridized carbons (Fsp3) is 0.700. The summed E-state index contributed by atoms with van der Waals surface area (Å²) in [6.45, 7) is 1.62. The van der Waals surface area contributed by atoms with Crippen molar-refractivity contribution in [3.05, 3.63) is 0 Å². The van der Waals surface area contributed by atoms with E-state index in [0.717, 1.165) is 0 Å². The van der Waals surface area contributed by atoms with E-state index in [4.69, 9.17) is 0 Å². The molecule has 0 saturated carbocycles. The number of carbonyl (C=O) groups is 3. The van der Waals surface area contributed by atoms with Gasteiger partial charge in [0.2, 0.25) is 11.8 Å². The minimum Gasteiger partial charge on any atom is -0.453 e. The summed E-state index contributed by atoms with van der Waals surface area (Å²) in [6.07, 6.45) is -0.407. The van der Waals surface area contributed by atoms with Gasteiger partial charge >= 0.3 is 6.09 Å². The number of ether oxygens (including phenoxy) is 2. The van der Waals surface area contributed by atoms with Gasteiger partial charge in [-0.3, -0.25) is 9.59 Å². The molecule has 0 fully saturated rings. The van der Waals surface area contributed by atoms with Gasteiger partial charge in [0.05, 0.1) is 7.11 Å². The van der Waals surface area contributed by atoms with Gasteiger partial charge in [-0.25, -0.2) is 4.79 Å². The first-order valence-corrected chi connectivity index (χ1v) is 5.03. The lowest BCUT2D eigenvalue weighted by molar-refractivity contribution is -0.124. The molecule has 0 atom stereocenters. The van der Waals surface area contributed by atoms with Crippen molar-refractivity contribution < 1.29 is 23.9 Å². The number of hydrogen-bond acceptors (Lipinski definition) is 5. The average Bonchev–Trinajstić information content (AvgIpc) is 2.39. The predicted octanol–water partition coefficient (Wildman–Crippen LogP) is -0.897. The van der Waals surface area contributed by atoms with Crippen LogP contribution < -0.4 is 16.0 Å². The first-order chi connectivity index (χ1) is 8.39. The average molecular weight is 265 g/mol. The Bertz CT molecular complexity index is 228. The van der Waals surface area contributed by atoms with Crippen molar-refractivity contribution in [2.45, 2.75) is 6.92 Å². The molecule has 0 spiro atoms. The third-order valence-corrected chi connectivity index (χ3v) is 1.30. The van der Waals surface area contributed by atoms with Crippen molar-refractivity contribution in [1.82, 2.24) is 16.0 Å². The zero-order valence-electron chi connectivity index (χ0n) is 11.7. The summed E-state index contributed by atoms with van der Waals surface area (Å²) in [4.78, 5) is 29.7. The van der Waals surface area contributed by atoms with Gasteiger partial charge in [0.25, 0.3) is 0 Å². The van der Waals surface area contributed by atoms with Gasteiger partial charge in [-0.1, -0.05) is 0 Å². The van der Waals surface area contributed by atoms with Gasteiger partial charge in [-0.15, -0.1) is 0 Å². The molecule has 0 radical (unpaired) electrons. The molecule has 0 aliphatic carbocycles. The van der Waals surface area contributed by atoms with E-state index >= 15 is 0 Å².